The van der Waals surface area contributed by atoms with Gasteiger partial charge in [-0.2, -0.15) is 4.31 Å². The molecule has 158 valence electrons. The maximum atomic E-state index is 12.7. The van der Waals surface area contributed by atoms with Gasteiger partial charge in [-0.15, -0.1) is 0 Å². The third-order valence-electron chi connectivity index (χ3n) is 5.09. The zero-order valence-electron chi connectivity index (χ0n) is 16.4. The van der Waals surface area contributed by atoms with E-state index < -0.39 is 10.0 Å². The van der Waals surface area contributed by atoms with Gasteiger partial charge in [0.25, 0.3) is 5.91 Å². The van der Waals surface area contributed by atoms with Crippen molar-refractivity contribution in [2.45, 2.75) is 24.0 Å². The minimum Gasteiger partial charge on any atom is -0.387 e. The van der Waals surface area contributed by atoms with Crippen molar-refractivity contribution in [3.05, 3.63) is 65.7 Å². The molecule has 1 atom stereocenters. The Morgan fingerprint density at radius 3 is 2.47 bits per heavy atom. The summed E-state index contributed by atoms with van der Waals surface area (Å²) in [6.45, 7) is 1.79. The fourth-order valence-corrected chi connectivity index (χ4v) is 4.77. The quantitative estimate of drug-likeness (QED) is 0.756. The summed E-state index contributed by atoms with van der Waals surface area (Å²) in [5, 5.41) is 6.72. The van der Waals surface area contributed by atoms with Crippen LogP contribution in [-0.2, 0) is 30.9 Å². The molecular formula is C21H23N3O5S. The summed E-state index contributed by atoms with van der Waals surface area (Å²) in [6, 6.07) is 16.2. The summed E-state index contributed by atoms with van der Waals surface area (Å²) in [7, 11) is -3.53. The third kappa shape index (κ3) is 4.53. The Morgan fingerprint density at radius 2 is 1.77 bits per heavy atom. The molecule has 1 N–H and O–H groups in total. The highest BCUT2D eigenvalue weighted by Gasteiger charge is 2.28. The first-order valence-electron chi connectivity index (χ1n) is 9.77. The molecule has 0 spiro atoms. The van der Waals surface area contributed by atoms with Crippen molar-refractivity contribution in [3.63, 3.8) is 0 Å². The Bertz CT molecular complexity index is 1020. The lowest BCUT2D eigenvalue weighted by Gasteiger charge is -2.26. The maximum Gasteiger partial charge on any atom is 0.269 e. The molecule has 0 bridgehead atoms. The zero-order valence-corrected chi connectivity index (χ0v) is 17.2. The molecule has 0 aliphatic carbocycles. The molecule has 2 aliphatic heterocycles. The largest absolute Gasteiger partial charge is 0.387 e. The van der Waals surface area contributed by atoms with E-state index in [0.717, 1.165) is 11.1 Å². The molecule has 0 saturated carbocycles. The van der Waals surface area contributed by atoms with Crippen LogP contribution in [0.5, 0.6) is 0 Å². The second-order valence-electron chi connectivity index (χ2n) is 7.09. The summed E-state index contributed by atoms with van der Waals surface area (Å²) in [5.74, 6) is -0.293. The van der Waals surface area contributed by atoms with Crippen LogP contribution in [0.25, 0.3) is 0 Å². The second-order valence-corrected chi connectivity index (χ2v) is 9.03. The summed E-state index contributed by atoms with van der Waals surface area (Å²) in [4.78, 5) is 18.0. The number of nitrogens with zero attached hydrogens (tertiary/aromatic N) is 2. The predicted molar refractivity (Wildman–Crippen MR) is 110 cm³/mol. The highest BCUT2D eigenvalue weighted by molar-refractivity contribution is 7.89. The molecule has 4 rings (SSSR count). The van der Waals surface area contributed by atoms with Crippen LogP contribution in [0.1, 0.15) is 23.7 Å². The number of morpholine rings is 1. The molecule has 1 saturated heterocycles. The van der Waals surface area contributed by atoms with Crippen molar-refractivity contribution in [2.75, 3.05) is 26.3 Å². The molecule has 0 aromatic heterocycles. The normalized spacial score (nSPS) is 19.7. The Morgan fingerprint density at radius 1 is 1.07 bits per heavy atom. The molecule has 0 radical (unpaired) electrons. The minimum absolute atomic E-state index is 0.235. The summed E-state index contributed by atoms with van der Waals surface area (Å²) in [5.41, 5.74) is 2.11. The third-order valence-corrected chi connectivity index (χ3v) is 7.00. The fraction of sp³-hybridized carbons (Fsp3) is 0.333. The van der Waals surface area contributed by atoms with Gasteiger partial charge in [-0.1, -0.05) is 47.6 Å². The molecule has 9 heteroatoms. The number of sulfonamides is 1. The smallest absolute Gasteiger partial charge is 0.269 e. The maximum absolute atomic E-state index is 12.7. The number of amides is 1. The lowest BCUT2D eigenvalue weighted by molar-refractivity contribution is -0.115. The predicted octanol–water partition coefficient (Wildman–Crippen LogP) is 1.84. The van der Waals surface area contributed by atoms with E-state index in [2.05, 4.69) is 10.5 Å². The van der Waals surface area contributed by atoms with Gasteiger partial charge in [0.05, 0.1) is 18.1 Å². The first-order chi connectivity index (χ1) is 14.5. The fourth-order valence-electron chi connectivity index (χ4n) is 3.36. The molecule has 8 nitrogen and oxygen atoms in total. The Hall–Kier alpha value is -2.75. The van der Waals surface area contributed by atoms with E-state index in [1.807, 2.05) is 30.3 Å². The molecule has 1 unspecified atom stereocenters. The van der Waals surface area contributed by atoms with Gasteiger partial charge in [0.1, 0.15) is 5.71 Å². The van der Waals surface area contributed by atoms with Crippen LogP contribution in [0.4, 0.5) is 0 Å². The first kappa shape index (κ1) is 20.5. The topological polar surface area (TPSA) is 97.3 Å². The van der Waals surface area contributed by atoms with Crippen LogP contribution in [-0.4, -0.2) is 50.6 Å². The summed E-state index contributed by atoms with van der Waals surface area (Å²) in [6.07, 6.45) is 0.156. The molecule has 2 aromatic carbocycles. The molecule has 1 fully saturated rings. The second kappa shape index (κ2) is 8.95. The number of carbonyl (C=O) groups excluding carboxylic acids is 1. The van der Waals surface area contributed by atoms with Crippen LogP contribution < -0.4 is 5.32 Å². The van der Waals surface area contributed by atoms with Crippen LogP contribution in [0.2, 0.25) is 0 Å². The lowest BCUT2D eigenvalue weighted by atomic mass is 10.0. The Balaban J connectivity index is 1.31. The van der Waals surface area contributed by atoms with Crippen LogP contribution in [0.15, 0.2) is 64.6 Å². The summed E-state index contributed by atoms with van der Waals surface area (Å²) >= 11 is 0. The molecule has 2 aromatic rings. The van der Waals surface area contributed by atoms with Crippen molar-refractivity contribution in [2.24, 2.45) is 5.16 Å². The average Bonchev–Trinajstić information content (AvgIpc) is 3.29. The van der Waals surface area contributed by atoms with Crippen molar-refractivity contribution in [3.8, 4) is 0 Å². The number of hydrogen-bond acceptors (Lipinski definition) is 6. The van der Waals surface area contributed by atoms with Crippen molar-refractivity contribution in [1.29, 1.82) is 0 Å². The monoisotopic (exact) mass is 429 g/mol. The van der Waals surface area contributed by atoms with Crippen molar-refractivity contribution in [1.82, 2.24) is 9.62 Å². The molecular weight excluding hydrogens is 406 g/mol. The minimum atomic E-state index is -3.53. The number of ether oxygens (including phenoxy) is 1. The lowest BCUT2D eigenvalue weighted by Crippen LogP contribution is -2.40. The molecule has 2 heterocycles. The van der Waals surface area contributed by atoms with Gasteiger partial charge in [0.2, 0.25) is 10.0 Å². The number of carbonyl (C=O) groups is 1. The van der Waals surface area contributed by atoms with E-state index in [1.165, 1.54) is 4.31 Å². The number of hydrogen-bond donors (Lipinski definition) is 1. The number of nitrogens with one attached hydrogen (secondary N) is 1. The zero-order chi connectivity index (χ0) is 21.0. The van der Waals surface area contributed by atoms with E-state index >= 15 is 0 Å². The van der Waals surface area contributed by atoms with Crippen molar-refractivity contribution < 1.29 is 22.8 Å². The van der Waals surface area contributed by atoms with E-state index in [0.29, 0.717) is 38.4 Å². The molecule has 30 heavy (non-hydrogen) atoms. The first-order valence-corrected chi connectivity index (χ1v) is 11.2. The van der Waals surface area contributed by atoms with Gasteiger partial charge in [-0.05, 0) is 23.3 Å². The standard InChI is InChI=1S/C21H23N3O5S/c25-21(19-14-20(29-23-19)17-4-2-1-3-5-17)22-15-16-6-8-18(9-7-16)30(26,27)24-10-12-28-13-11-24/h1-9,20H,10-15H2,(H,22,25). The van der Waals surface area contributed by atoms with E-state index in [-0.39, 0.29) is 23.5 Å². The van der Waals surface area contributed by atoms with Crippen LogP contribution in [0, 0.1) is 0 Å². The van der Waals surface area contributed by atoms with Crippen molar-refractivity contribution >= 4 is 21.6 Å². The van der Waals surface area contributed by atoms with Gasteiger partial charge in [-0.25, -0.2) is 8.42 Å². The van der Waals surface area contributed by atoms with Crippen LogP contribution in [0.3, 0.4) is 0 Å². The summed E-state index contributed by atoms with van der Waals surface area (Å²) < 4.78 is 32.0. The SMILES string of the molecule is O=C(NCc1ccc(S(=O)(=O)N2CCOCC2)cc1)C1=NOC(c2ccccc2)C1. The van der Waals surface area contributed by atoms with E-state index in [9.17, 15) is 13.2 Å². The Kier molecular flexibility index (Phi) is 6.12. The van der Waals surface area contributed by atoms with E-state index in [4.69, 9.17) is 9.57 Å². The van der Waals surface area contributed by atoms with Gasteiger partial charge >= 0.3 is 0 Å². The van der Waals surface area contributed by atoms with Gasteiger partial charge < -0.3 is 14.9 Å². The number of oxime groups is 1. The number of rotatable bonds is 6. The van der Waals surface area contributed by atoms with Gasteiger partial charge in [0.15, 0.2) is 6.10 Å². The van der Waals surface area contributed by atoms with E-state index in [1.54, 1.807) is 24.3 Å². The van der Waals surface area contributed by atoms with Crippen LogP contribution >= 0.6 is 0 Å². The average molecular weight is 429 g/mol. The molecule has 1 amide bonds. The van der Waals surface area contributed by atoms with Gasteiger partial charge in [0, 0.05) is 26.1 Å². The highest BCUT2D eigenvalue weighted by Crippen LogP contribution is 2.27. The van der Waals surface area contributed by atoms with Gasteiger partial charge in [-0.3, -0.25) is 4.79 Å². The Labute approximate surface area is 175 Å². The number of benzene rings is 2. The molecule has 2 aliphatic rings. The highest BCUT2D eigenvalue weighted by atomic mass is 32.2.